The van der Waals surface area contributed by atoms with Gasteiger partial charge >= 0.3 is 0 Å². The maximum absolute atomic E-state index is 10.1. The molecule has 0 bridgehead atoms. The quantitative estimate of drug-likeness (QED) is 0.855. The third-order valence-electron chi connectivity index (χ3n) is 3.30. The fraction of sp³-hybridized carbons (Fsp3) is 0.200. The van der Waals surface area contributed by atoms with E-state index in [1.807, 2.05) is 42.5 Å². The van der Waals surface area contributed by atoms with Crippen molar-refractivity contribution in [1.29, 1.82) is 0 Å². The highest BCUT2D eigenvalue weighted by Gasteiger charge is 2.34. The van der Waals surface area contributed by atoms with E-state index in [9.17, 15) is 9.11 Å². The Hall–Kier alpha value is -0.940. The molecule has 4 heteroatoms. The first kappa shape index (κ1) is 13.1. The SMILES string of the molecule is OS1(O)CC(SCc2ccccc2)c2ccccc21. The Kier molecular flexibility index (Phi) is 3.58. The van der Waals surface area contributed by atoms with Gasteiger partial charge in [0.2, 0.25) is 0 Å². The summed E-state index contributed by atoms with van der Waals surface area (Å²) < 4.78 is 20.3. The van der Waals surface area contributed by atoms with Crippen molar-refractivity contribution in [3.8, 4) is 0 Å². The van der Waals surface area contributed by atoms with Gasteiger partial charge in [-0.25, -0.2) is 0 Å². The molecule has 1 unspecified atom stereocenters. The van der Waals surface area contributed by atoms with Crippen molar-refractivity contribution in [3.63, 3.8) is 0 Å². The van der Waals surface area contributed by atoms with E-state index in [-0.39, 0.29) is 5.25 Å². The van der Waals surface area contributed by atoms with Gasteiger partial charge in [-0.15, -0.1) is 11.8 Å². The lowest BCUT2D eigenvalue weighted by molar-refractivity contribution is 0.492. The maximum atomic E-state index is 10.1. The van der Waals surface area contributed by atoms with Gasteiger partial charge in [0.25, 0.3) is 0 Å². The van der Waals surface area contributed by atoms with Gasteiger partial charge in [-0.1, -0.05) is 48.5 Å². The lowest BCUT2D eigenvalue weighted by Crippen LogP contribution is -1.99. The predicted molar refractivity (Wildman–Crippen MR) is 82.9 cm³/mol. The number of rotatable bonds is 3. The van der Waals surface area contributed by atoms with E-state index >= 15 is 0 Å². The predicted octanol–water partition coefficient (Wildman–Crippen LogP) is 4.78. The number of benzene rings is 2. The number of fused-ring (bicyclic) bond motifs is 1. The van der Waals surface area contributed by atoms with E-state index in [0.29, 0.717) is 5.75 Å². The van der Waals surface area contributed by atoms with Crippen LogP contribution in [0.1, 0.15) is 16.4 Å². The van der Waals surface area contributed by atoms with Crippen LogP contribution in [0.5, 0.6) is 0 Å². The molecule has 1 aliphatic heterocycles. The minimum atomic E-state index is -2.58. The van der Waals surface area contributed by atoms with Gasteiger partial charge in [-0.05, 0) is 17.2 Å². The van der Waals surface area contributed by atoms with Crippen LogP contribution in [-0.2, 0) is 5.75 Å². The number of hydrogen-bond acceptors (Lipinski definition) is 3. The summed E-state index contributed by atoms with van der Waals surface area (Å²) in [7, 11) is -2.58. The van der Waals surface area contributed by atoms with Crippen molar-refractivity contribution < 1.29 is 9.11 Å². The summed E-state index contributed by atoms with van der Waals surface area (Å²) in [5, 5.41) is 0.182. The Balaban J connectivity index is 1.77. The molecule has 0 amide bonds. The molecule has 0 radical (unpaired) electrons. The van der Waals surface area contributed by atoms with Crippen molar-refractivity contribution in [1.82, 2.24) is 0 Å². The molecule has 0 saturated carbocycles. The van der Waals surface area contributed by atoms with Crippen LogP contribution in [-0.4, -0.2) is 14.9 Å². The van der Waals surface area contributed by atoms with Crippen LogP contribution >= 0.6 is 22.4 Å². The molecule has 0 aliphatic carbocycles. The molecule has 2 nitrogen and oxygen atoms in total. The fourth-order valence-corrected chi connectivity index (χ4v) is 6.01. The third kappa shape index (κ3) is 2.67. The molecule has 0 spiro atoms. The highest BCUT2D eigenvalue weighted by Crippen LogP contribution is 2.62. The Morgan fingerprint density at radius 1 is 1.00 bits per heavy atom. The molecular formula is C15H16O2S2. The molecule has 100 valence electrons. The number of hydrogen-bond donors (Lipinski definition) is 2. The van der Waals surface area contributed by atoms with E-state index in [0.717, 1.165) is 16.2 Å². The van der Waals surface area contributed by atoms with Crippen LogP contribution in [0.2, 0.25) is 0 Å². The van der Waals surface area contributed by atoms with Gasteiger partial charge in [0, 0.05) is 11.0 Å². The molecule has 0 saturated heterocycles. The molecule has 2 aromatic rings. The smallest absolute Gasteiger partial charge is 0.0628 e. The molecule has 2 N–H and O–H groups in total. The lowest BCUT2D eigenvalue weighted by atomic mass is 10.2. The van der Waals surface area contributed by atoms with Crippen molar-refractivity contribution in [3.05, 3.63) is 65.7 Å². The van der Waals surface area contributed by atoms with Crippen molar-refractivity contribution in [2.24, 2.45) is 0 Å². The van der Waals surface area contributed by atoms with Gasteiger partial charge in [0.15, 0.2) is 0 Å². The monoisotopic (exact) mass is 292 g/mol. The molecule has 1 atom stereocenters. The van der Waals surface area contributed by atoms with Crippen LogP contribution in [0.15, 0.2) is 59.5 Å². The Morgan fingerprint density at radius 3 is 2.47 bits per heavy atom. The van der Waals surface area contributed by atoms with E-state index in [1.54, 1.807) is 11.8 Å². The highest BCUT2D eigenvalue weighted by molar-refractivity contribution is 8.25. The number of thioether (sulfide) groups is 1. The summed E-state index contributed by atoms with van der Waals surface area (Å²) in [5.41, 5.74) is 2.36. The second-order valence-corrected chi connectivity index (χ2v) is 7.95. The van der Waals surface area contributed by atoms with Crippen LogP contribution in [0.4, 0.5) is 0 Å². The first-order chi connectivity index (χ1) is 9.17. The molecule has 1 aliphatic rings. The first-order valence-electron chi connectivity index (χ1n) is 6.17. The summed E-state index contributed by atoms with van der Waals surface area (Å²) in [5.74, 6) is 1.35. The zero-order valence-electron chi connectivity index (χ0n) is 10.4. The average Bonchev–Trinajstić information content (AvgIpc) is 2.70. The second-order valence-electron chi connectivity index (χ2n) is 4.66. The van der Waals surface area contributed by atoms with Gasteiger partial charge in [0.05, 0.1) is 10.6 Å². The molecule has 3 rings (SSSR count). The highest BCUT2D eigenvalue weighted by atomic mass is 32.3. The summed E-state index contributed by atoms with van der Waals surface area (Å²) in [6.45, 7) is 0. The van der Waals surface area contributed by atoms with E-state index in [2.05, 4.69) is 12.1 Å². The minimum absolute atomic E-state index is 0.182. The third-order valence-corrected chi connectivity index (χ3v) is 6.70. The van der Waals surface area contributed by atoms with Gasteiger partial charge in [0.1, 0.15) is 0 Å². The van der Waals surface area contributed by atoms with E-state index in [1.165, 1.54) is 5.56 Å². The van der Waals surface area contributed by atoms with Crippen LogP contribution in [0.25, 0.3) is 0 Å². The maximum Gasteiger partial charge on any atom is 0.0628 e. The largest absolute Gasteiger partial charge is 0.295 e. The van der Waals surface area contributed by atoms with Gasteiger partial charge in [-0.2, -0.15) is 10.6 Å². The minimum Gasteiger partial charge on any atom is -0.295 e. The van der Waals surface area contributed by atoms with Crippen molar-refractivity contribution >= 4 is 22.4 Å². The van der Waals surface area contributed by atoms with Crippen molar-refractivity contribution in [2.45, 2.75) is 15.9 Å². The summed E-state index contributed by atoms with van der Waals surface area (Å²) >= 11 is 1.78. The van der Waals surface area contributed by atoms with E-state index < -0.39 is 10.6 Å². The zero-order valence-corrected chi connectivity index (χ0v) is 12.0. The van der Waals surface area contributed by atoms with Crippen LogP contribution in [0.3, 0.4) is 0 Å². The van der Waals surface area contributed by atoms with Crippen LogP contribution in [0, 0.1) is 0 Å². The standard InChI is InChI=1S/C15H16O2S2/c16-19(17)11-14(13-8-4-5-9-15(13)19)18-10-12-6-2-1-3-7-12/h1-9,14,16-17H,10-11H2. The second kappa shape index (κ2) is 5.21. The molecule has 19 heavy (non-hydrogen) atoms. The fourth-order valence-electron chi connectivity index (χ4n) is 2.34. The first-order valence-corrected chi connectivity index (χ1v) is 8.94. The Bertz CT molecular complexity index is 569. The van der Waals surface area contributed by atoms with E-state index in [4.69, 9.17) is 0 Å². The van der Waals surface area contributed by atoms with Gasteiger partial charge < -0.3 is 0 Å². The molecule has 0 fully saturated rings. The Morgan fingerprint density at radius 2 is 1.68 bits per heavy atom. The Labute approximate surface area is 119 Å². The average molecular weight is 292 g/mol. The van der Waals surface area contributed by atoms with Crippen LogP contribution < -0.4 is 0 Å². The lowest BCUT2D eigenvalue weighted by Gasteiger charge is -2.27. The normalized spacial score (nSPS) is 21.9. The molecular weight excluding hydrogens is 276 g/mol. The topological polar surface area (TPSA) is 40.5 Å². The summed E-state index contributed by atoms with van der Waals surface area (Å²) in [6.07, 6.45) is 0. The zero-order chi connectivity index (χ0) is 13.3. The van der Waals surface area contributed by atoms with Gasteiger partial charge in [-0.3, -0.25) is 9.11 Å². The molecule has 2 aromatic carbocycles. The van der Waals surface area contributed by atoms with Crippen molar-refractivity contribution in [2.75, 3.05) is 5.75 Å². The molecule has 0 aromatic heterocycles. The summed E-state index contributed by atoms with van der Waals surface area (Å²) in [4.78, 5) is 0.737. The summed E-state index contributed by atoms with van der Waals surface area (Å²) in [6, 6.07) is 18.0. The molecule has 1 heterocycles.